The molecule has 0 saturated carbocycles. The van der Waals surface area contributed by atoms with Gasteiger partial charge in [0.25, 0.3) is 5.91 Å². The Morgan fingerprint density at radius 1 is 1.11 bits per heavy atom. The van der Waals surface area contributed by atoms with E-state index in [1.54, 1.807) is 13.0 Å². The second-order valence-electron chi connectivity index (χ2n) is 6.56. The molecule has 3 N–H and O–H groups in total. The molecule has 0 heterocycles. The topological polar surface area (TPSA) is 64.3 Å². The van der Waals surface area contributed by atoms with Gasteiger partial charge in [-0.1, -0.05) is 49.4 Å². The van der Waals surface area contributed by atoms with Gasteiger partial charge in [0.15, 0.2) is 0 Å². The Labute approximate surface area is 161 Å². The normalized spacial score (nSPS) is 12.0. The highest BCUT2D eigenvalue weighted by molar-refractivity contribution is 5.96. The standard InChI is InChI=1S/C23H28N2O2/c1-5-6-10-21(18(4)24)23(26)25-15-19-11-13-20(14-12-19)27-22-16(2)8-7-9-17(22)3/h6-14H,5,15,24H2,1-4H3,(H,25,26)/b10-6-,21-18-. The number of nitrogens with two attached hydrogens (primary N) is 1. The number of amides is 1. The molecule has 4 nitrogen and oxygen atoms in total. The summed E-state index contributed by atoms with van der Waals surface area (Å²) in [5.41, 5.74) is 10.0. The lowest BCUT2D eigenvalue weighted by molar-refractivity contribution is -0.117. The highest BCUT2D eigenvalue weighted by Gasteiger charge is 2.09. The van der Waals surface area contributed by atoms with Crippen LogP contribution in [0.15, 0.2) is 65.9 Å². The van der Waals surface area contributed by atoms with Crippen LogP contribution in [0.1, 0.15) is 37.0 Å². The number of carbonyl (C=O) groups is 1. The summed E-state index contributed by atoms with van der Waals surface area (Å²) in [6, 6.07) is 13.8. The molecule has 0 spiro atoms. The highest BCUT2D eigenvalue weighted by Crippen LogP contribution is 2.28. The van der Waals surface area contributed by atoms with Gasteiger partial charge >= 0.3 is 0 Å². The van der Waals surface area contributed by atoms with Crippen molar-refractivity contribution in [3.63, 3.8) is 0 Å². The van der Waals surface area contributed by atoms with Gasteiger partial charge in [-0.05, 0) is 56.0 Å². The second kappa shape index (κ2) is 9.62. The molecular weight excluding hydrogens is 336 g/mol. The van der Waals surface area contributed by atoms with E-state index in [1.807, 2.05) is 69.3 Å². The van der Waals surface area contributed by atoms with E-state index in [-0.39, 0.29) is 5.91 Å². The van der Waals surface area contributed by atoms with E-state index >= 15 is 0 Å². The van der Waals surface area contributed by atoms with E-state index in [0.717, 1.165) is 34.6 Å². The maximum Gasteiger partial charge on any atom is 0.253 e. The minimum atomic E-state index is -0.171. The Balaban J connectivity index is 2.01. The summed E-state index contributed by atoms with van der Waals surface area (Å²) >= 11 is 0. The summed E-state index contributed by atoms with van der Waals surface area (Å²) in [4.78, 5) is 12.3. The SMILES string of the molecule is CC/C=C\C(C(=O)NCc1ccc(Oc2c(C)cccc2C)cc1)=C(/C)N. The van der Waals surface area contributed by atoms with Crippen molar-refractivity contribution in [3.8, 4) is 11.5 Å². The Hall–Kier alpha value is -3.01. The lowest BCUT2D eigenvalue weighted by atomic mass is 10.1. The monoisotopic (exact) mass is 364 g/mol. The zero-order chi connectivity index (χ0) is 19.8. The number of aryl methyl sites for hydroxylation is 2. The average molecular weight is 364 g/mol. The number of rotatable bonds is 7. The zero-order valence-corrected chi connectivity index (χ0v) is 16.5. The Bertz CT molecular complexity index is 825. The van der Waals surface area contributed by atoms with Crippen LogP contribution in [0.25, 0.3) is 0 Å². The van der Waals surface area contributed by atoms with Crippen molar-refractivity contribution in [1.82, 2.24) is 5.32 Å². The fourth-order valence-corrected chi connectivity index (χ4v) is 2.65. The van der Waals surface area contributed by atoms with Crippen LogP contribution < -0.4 is 15.8 Å². The van der Waals surface area contributed by atoms with Crippen LogP contribution in [0.3, 0.4) is 0 Å². The third kappa shape index (κ3) is 5.74. The Kier molecular flexibility index (Phi) is 7.24. The molecule has 27 heavy (non-hydrogen) atoms. The molecule has 0 aromatic heterocycles. The van der Waals surface area contributed by atoms with E-state index in [0.29, 0.717) is 17.8 Å². The smallest absolute Gasteiger partial charge is 0.253 e. The third-order valence-electron chi connectivity index (χ3n) is 4.19. The molecule has 0 radical (unpaired) electrons. The van der Waals surface area contributed by atoms with E-state index in [1.165, 1.54) is 0 Å². The maximum absolute atomic E-state index is 12.3. The molecule has 0 fully saturated rings. The first-order valence-corrected chi connectivity index (χ1v) is 9.16. The molecule has 0 aliphatic heterocycles. The largest absolute Gasteiger partial charge is 0.457 e. The fourth-order valence-electron chi connectivity index (χ4n) is 2.65. The van der Waals surface area contributed by atoms with Gasteiger partial charge in [0.2, 0.25) is 0 Å². The van der Waals surface area contributed by atoms with Crippen molar-refractivity contribution in [3.05, 3.63) is 82.6 Å². The average Bonchev–Trinajstić information content (AvgIpc) is 2.64. The molecule has 0 aliphatic carbocycles. The molecule has 0 atom stereocenters. The molecule has 0 saturated heterocycles. The molecule has 1 amide bonds. The number of para-hydroxylation sites is 1. The van der Waals surface area contributed by atoms with E-state index in [9.17, 15) is 4.79 Å². The number of benzene rings is 2. The number of allylic oxidation sites excluding steroid dienone is 2. The molecule has 0 unspecified atom stereocenters. The third-order valence-corrected chi connectivity index (χ3v) is 4.19. The van der Waals surface area contributed by atoms with Crippen molar-refractivity contribution in [2.24, 2.45) is 5.73 Å². The maximum atomic E-state index is 12.3. The predicted octanol–water partition coefficient (Wildman–Crippen LogP) is 4.91. The number of hydrogen-bond acceptors (Lipinski definition) is 3. The van der Waals surface area contributed by atoms with Gasteiger partial charge < -0.3 is 15.8 Å². The van der Waals surface area contributed by atoms with Crippen molar-refractivity contribution in [2.75, 3.05) is 0 Å². The molecule has 2 rings (SSSR count). The van der Waals surface area contributed by atoms with Gasteiger partial charge in [0, 0.05) is 12.2 Å². The number of ether oxygens (including phenoxy) is 1. The Morgan fingerprint density at radius 3 is 2.30 bits per heavy atom. The predicted molar refractivity (Wildman–Crippen MR) is 111 cm³/mol. The van der Waals surface area contributed by atoms with Crippen molar-refractivity contribution < 1.29 is 9.53 Å². The molecule has 4 heteroatoms. The summed E-state index contributed by atoms with van der Waals surface area (Å²) in [7, 11) is 0. The van der Waals surface area contributed by atoms with Crippen LogP contribution >= 0.6 is 0 Å². The molecule has 2 aromatic carbocycles. The summed E-state index contributed by atoms with van der Waals surface area (Å²) in [5.74, 6) is 1.48. The van der Waals surface area contributed by atoms with Crippen LogP contribution in [0.5, 0.6) is 11.5 Å². The Morgan fingerprint density at radius 2 is 1.74 bits per heavy atom. The zero-order valence-electron chi connectivity index (χ0n) is 16.5. The fraction of sp³-hybridized carbons (Fsp3) is 0.261. The van der Waals surface area contributed by atoms with E-state index in [2.05, 4.69) is 5.32 Å². The lowest BCUT2D eigenvalue weighted by Gasteiger charge is -2.12. The molecule has 2 aromatic rings. The minimum Gasteiger partial charge on any atom is -0.457 e. The van der Waals surface area contributed by atoms with Crippen molar-refractivity contribution >= 4 is 5.91 Å². The molecule has 0 aliphatic rings. The van der Waals surface area contributed by atoms with Crippen LogP contribution in [-0.4, -0.2) is 5.91 Å². The van der Waals surface area contributed by atoms with Gasteiger partial charge in [-0.15, -0.1) is 0 Å². The summed E-state index contributed by atoms with van der Waals surface area (Å²) in [6.07, 6.45) is 4.54. The van der Waals surface area contributed by atoms with Gasteiger partial charge in [0.1, 0.15) is 11.5 Å². The summed E-state index contributed by atoms with van der Waals surface area (Å²) in [5, 5.41) is 2.91. The number of nitrogens with one attached hydrogen (secondary N) is 1. The van der Waals surface area contributed by atoms with Crippen molar-refractivity contribution in [2.45, 2.75) is 40.7 Å². The first-order valence-electron chi connectivity index (χ1n) is 9.16. The van der Waals surface area contributed by atoms with E-state index < -0.39 is 0 Å². The van der Waals surface area contributed by atoms with Gasteiger partial charge in [-0.25, -0.2) is 0 Å². The summed E-state index contributed by atoms with van der Waals surface area (Å²) in [6.45, 7) is 8.24. The number of carbonyl (C=O) groups excluding carboxylic acids is 1. The number of hydrogen-bond donors (Lipinski definition) is 2. The van der Waals surface area contributed by atoms with Crippen LogP contribution in [0, 0.1) is 13.8 Å². The van der Waals surface area contributed by atoms with Crippen molar-refractivity contribution in [1.29, 1.82) is 0 Å². The van der Waals surface area contributed by atoms with Gasteiger partial charge in [-0.3, -0.25) is 4.79 Å². The minimum absolute atomic E-state index is 0.171. The summed E-state index contributed by atoms with van der Waals surface area (Å²) < 4.78 is 6.01. The highest BCUT2D eigenvalue weighted by atomic mass is 16.5. The lowest BCUT2D eigenvalue weighted by Crippen LogP contribution is -2.25. The second-order valence-corrected chi connectivity index (χ2v) is 6.56. The quantitative estimate of drug-likeness (QED) is 0.542. The first-order chi connectivity index (χ1) is 12.9. The van der Waals surface area contributed by atoms with Gasteiger partial charge in [-0.2, -0.15) is 0 Å². The van der Waals surface area contributed by atoms with Gasteiger partial charge in [0.05, 0.1) is 5.57 Å². The van der Waals surface area contributed by atoms with Crippen LogP contribution in [-0.2, 0) is 11.3 Å². The molecule has 0 bridgehead atoms. The first kappa shape index (κ1) is 20.3. The van der Waals surface area contributed by atoms with E-state index in [4.69, 9.17) is 10.5 Å². The van der Waals surface area contributed by atoms with Crippen LogP contribution in [0.2, 0.25) is 0 Å². The molecule has 142 valence electrons. The van der Waals surface area contributed by atoms with Crippen LogP contribution in [0.4, 0.5) is 0 Å². The molecular formula is C23H28N2O2.